The van der Waals surface area contributed by atoms with E-state index in [1.165, 1.54) is 18.3 Å². The molecular formula is C20H21F5N6O. The summed E-state index contributed by atoms with van der Waals surface area (Å²) >= 11 is 0. The molecule has 0 saturated carbocycles. The lowest BCUT2D eigenvalue weighted by atomic mass is 9.87. The number of ether oxygens (including phenoxy) is 1. The maximum atomic E-state index is 13.2. The Balaban J connectivity index is 1.49. The zero-order chi connectivity index (χ0) is 22.9. The summed E-state index contributed by atoms with van der Waals surface area (Å²) in [5.41, 5.74) is -0.376. The van der Waals surface area contributed by atoms with E-state index in [0.29, 0.717) is 24.4 Å². The van der Waals surface area contributed by atoms with Crippen LogP contribution in [0.25, 0.3) is 11.2 Å². The van der Waals surface area contributed by atoms with Gasteiger partial charge in [-0.15, -0.1) is 0 Å². The third-order valence-electron chi connectivity index (χ3n) is 5.57. The van der Waals surface area contributed by atoms with Crippen LogP contribution >= 0.6 is 0 Å². The van der Waals surface area contributed by atoms with Crippen LogP contribution < -0.4 is 9.64 Å². The smallest absolute Gasteiger partial charge is 0.437 e. The maximum absolute atomic E-state index is 13.2. The molecule has 0 unspecified atom stereocenters. The van der Waals surface area contributed by atoms with Crippen LogP contribution in [0.1, 0.15) is 19.0 Å². The third-order valence-corrected chi connectivity index (χ3v) is 5.57. The average Bonchev–Trinajstić information content (AvgIpc) is 3.14. The first kappa shape index (κ1) is 22.2. The van der Waals surface area contributed by atoms with Gasteiger partial charge in [0.25, 0.3) is 6.43 Å². The fourth-order valence-electron chi connectivity index (χ4n) is 3.75. The average molecular weight is 456 g/mol. The van der Waals surface area contributed by atoms with Crippen LogP contribution in [0.2, 0.25) is 0 Å². The molecule has 1 aliphatic heterocycles. The number of piperidine rings is 1. The topological polar surface area (TPSA) is 69.0 Å². The van der Waals surface area contributed by atoms with Gasteiger partial charge in [-0.05, 0) is 24.5 Å². The SMILES string of the molecule is C[C@@H]1CCN(c2cnc3cnn(CC(F)F)c3n2)C[C@@H]1COc1cccnc1C(F)(F)F. The largest absolute Gasteiger partial charge is 0.491 e. The first-order valence-electron chi connectivity index (χ1n) is 10.1. The number of hydrogen-bond acceptors (Lipinski definition) is 6. The Morgan fingerprint density at radius 1 is 1.22 bits per heavy atom. The number of hydrogen-bond donors (Lipinski definition) is 0. The van der Waals surface area contributed by atoms with E-state index in [1.54, 1.807) is 6.20 Å². The minimum Gasteiger partial charge on any atom is -0.491 e. The van der Waals surface area contributed by atoms with E-state index in [0.717, 1.165) is 17.3 Å². The van der Waals surface area contributed by atoms with Gasteiger partial charge in [-0.3, -0.25) is 0 Å². The van der Waals surface area contributed by atoms with Crippen molar-refractivity contribution in [1.29, 1.82) is 0 Å². The second-order valence-electron chi connectivity index (χ2n) is 7.79. The molecule has 2 atom stereocenters. The summed E-state index contributed by atoms with van der Waals surface area (Å²) in [5.74, 6) is 0.330. The van der Waals surface area contributed by atoms with Crippen molar-refractivity contribution in [2.45, 2.75) is 32.5 Å². The molecule has 32 heavy (non-hydrogen) atoms. The fraction of sp³-hybridized carbons (Fsp3) is 0.500. The Morgan fingerprint density at radius 3 is 2.78 bits per heavy atom. The van der Waals surface area contributed by atoms with Gasteiger partial charge in [-0.1, -0.05) is 6.92 Å². The van der Waals surface area contributed by atoms with Crippen LogP contribution in [0.15, 0.2) is 30.7 Å². The van der Waals surface area contributed by atoms with Crippen molar-refractivity contribution in [3.8, 4) is 5.75 Å². The van der Waals surface area contributed by atoms with E-state index in [-0.39, 0.29) is 29.8 Å². The predicted octanol–water partition coefficient (Wildman–Crippen LogP) is 4.05. The molecule has 0 bridgehead atoms. The summed E-state index contributed by atoms with van der Waals surface area (Å²) in [6.45, 7) is 2.65. The molecule has 3 aromatic rings. The lowest BCUT2D eigenvalue weighted by molar-refractivity contribution is -0.142. The number of halogens is 5. The van der Waals surface area contributed by atoms with E-state index in [4.69, 9.17) is 4.74 Å². The van der Waals surface area contributed by atoms with Crippen molar-refractivity contribution in [3.63, 3.8) is 0 Å². The van der Waals surface area contributed by atoms with Crippen LogP contribution in [0, 0.1) is 11.8 Å². The lowest BCUT2D eigenvalue weighted by Crippen LogP contribution is -2.42. The summed E-state index contributed by atoms with van der Waals surface area (Å²) in [7, 11) is 0. The highest BCUT2D eigenvalue weighted by molar-refractivity contribution is 5.71. The number of nitrogens with zero attached hydrogens (tertiary/aromatic N) is 6. The molecule has 1 aliphatic rings. The zero-order valence-electron chi connectivity index (χ0n) is 17.1. The van der Waals surface area contributed by atoms with Gasteiger partial charge in [0.05, 0.1) is 19.0 Å². The highest BCUT2D eigenvalue weighted by Gasteiger charge is 2.37. The molecule has 7 nitrogen and oxygen atoms in total. The van der Waals surface area contributed by atoms with E-state index in [1.807, 2.05) is 11.8 Å². The molecule has 0 aliphatic carbocycles. The van der Waals surface area contributed by atoms with Gasteiger partial charge in [-0.2, -0.15) is 18.3 Å². The normalized spacial score (nSPS) is 19.7. The summed E-state index contributed by atoms with van der Waals surface area (Å²) in [5, 5.41) is 3.92. The maximum Gasteiger partial charge on any atom is 0.437 e. The Hall–Kier alpha value is -3.05. The molecule has 12 heteroatoms. The van der Waals surface area contributed by atoms with Crippen LogP contribution in [0.4, 0.5) is 27.8 Å². The van der Waals surface area contributed by atoms with Crippen LogP contribution in [0.3, 0.4) is 0 Å². The number of aromatic nitrogens is 5. The minimum atomic E-state index is -4.60. The van der Waals surface area contributed by atoms with Crippen LogP contribution in [-0.2, 0) is 12.7 Å². The monoisotopic (exact) mass is 456 g/mol. The molecule has 172 valence electrons. The molecule has 0 aromatic carbocycles. The highest BCUT2D eigenvalue weighted by Crippen LogP contribution is 2.35. The van der Waals surface area contributed by atoms with Gasteiger partial charge < -0.3 is 9.64 Å². The number of pyridine rings is 1. The molecule has 1 saturated heterocycles. The summed E-state index contributed by atoms with van der Waals surface area (Å²) in [6, 6.07) is 2.65. The number of alkyl halides is 5. The lowest BCUT2D eigenvalue weighted by Gasteiger charge is -2.37. The molecule has 0 N–H and O–H groups in total. The summed E-state index contributed by atoms with van der Waals surface area (Å²) in [4.78, 5) is 14.1. The Labute approximate surface area is 180 Å². The van der Waals surface area contributed by atoms with Crippen molar-refractivity contribution in [2.24, 2.45) is 11.8 Å². The Bertz CT molecular complexity index is 1070. The van der Waals surface area contributed by atoms with Crippen molar-refractivity contribution >= 4 is 17.0 Å². The molecule has 1 fully saturated rings. The van der Waals surface area contributed by atoms with Crippen molar-refractivity contribution in [3.05, 3.63) is 36.4 Å². The first-order chi connectivity index (χ1) is 15.2. The van der Waals surface area contributed by atoms with Crippen molar-refractivity contribution < 1.29 is 26.7 Å². The number of anilines is 1. The van der Waals surface area contributed by atoms with Gasteiger partial charge in [-0.25, -0.2) is 28.4 Å². The second kappa shape index (κ2) is 8.83. The van der Waals surface area contributed by atoms with Gasteiger partial charge in [0.15, 0.2) is 11.3 Å². The molecule has 4 heterocycles. The highest BCUT2D eigenvalue weighted by atomic mass is 19.4. The zero-order valence-corrected chi connectivity index (χ0v) is 17.1. The van der Waals surface area contributed by atoms with Crippen molar-refractivity contribution in [2.75, 3.05) is 24.6 Å². The Morgan fingerprint density at radius 2 is 2.03 bits per heavy atom. The first-order valence-corrected chi connectivity index (χ1v) is 10.1. The molecule has 4 rings (SSSR count). The van der Waals surface area contributed by atoms with Gasteiger partial charge in [0, 0.05) is 25.2 Å². The van der Waals surface area contributed by atoms with E-state index >= 15 is 0 Å². The van der Waals surface area contributed by atoms with Gasteiger partial charge >= 0.3 is 6.18 Å². The Kier molecular flexibility index (Phi) is 6.11. The van der Waals surface area contributed by atoms with E-state index in [9.17, 15) is 22.0 Å². The second-order valence-corrected chi connectivity index (χ2v) is 7.79. The van der Waals surface area contributed by atoms with E-state index < -0.39 is 24.8 Å². The molecule has 0 spiro atoms. The van der Waals surface area contributed by atoms with Crippen LogP contribution in [-0.4, -0.2) is 50.9 Å². The van der Waals surface area contributed by atoms with E-state index in [2.05, 4.69) is 20.1 Å². The summed E-state index contributed by atoms with van der Waals surface area (Å²) < 4.78 is 71.7. The number of rotatable bonds is 6. The van der Waals surface area contributed by atoms with Gasteiger partial charge in [0.2, 0.25) is 0 Å². The van der Waals surface area contributed by atoms with Crippen LogP contribution in [0.5, 0.6) is 5.75 Å². The summed E-state index contributed by atoms with van der Waals surface area (Å²) in [6.07, 6.45) is -2.40. The quantitative estimate of drug-likeness (QED) is 0.522. The van der Waals surface area contributed by atoms with Gasteiger partial charge in [0.1, 0.15) is 23.6 Å². The number of fused-ring (bicyclic) bond motifs is 1. The molecule has 0 radical (unpaired) electrons. The van der Waals surface area contributed by atoms with Crippen molar-refractivity contribution in [1.82, 2.24) is 24.7 Å². The minimum absolute atomic E-state index is 0.0748. The predicted molar refractivity (Wildman–Crippen MR) is 106 cm³/mol. The molecule has 3 aromatic heterocycles. The fourth-order valence-corrected chi connectivity index (χ4v) is 3.75. The standard InChI is InChI=1S/C20H21F5N6O/c1-12-4-6-30(17-8-27-14-7-28-31(10-16(21)22)19(14)29-17)9-13(12)11-32-15-3-2-5-26-18(15)20(23,24)25/h2-3,5,7-8,12-13,16H,4,6,9-11H2,1H3/t12-,13-/m1/s1. The molecular weight excluding hydrogens is 435 g/mol. The molecule has 0 amide bonds. The third kappa shape index (κ3) is 4.73.